The molecule has 4 N–H and O–H groups in total. The molecule has 11 heteroatoms. The van der Waals surface area contributed by atoms with E-state index in [1.165, 1.54) is 0 Å². The Labute approximate surface area is 138 Å². The van der Waals surface area contributed by atoms with Crippen molar-refractivity contribution in [2.75, 3.05) is 19.3 Å². The van der Waals surface area contributed by atoms with Crippen molar-refractivity contribution in [3.05, 3.63) is 51.6 Å². The lowest BCUT2D eigenvalue weighted by Crippen LogP contribution is -2.26. The first-order valence-electron chi connectivity index (χ1n) is 7.22. The zero-order chi connectivity index (χ0) is 17.5. The minimum atomic E-state index is -0.525. The molecule has 0 atom stereocenters. The number of rotatable bonds is 8. The second-order valence-electron chi connectivity index (χ2n) is 4.99. The standard InChI is InChI=1S/C13H19N9O2/c1-9-17-5-10(13(14)18-9)6-21-7-11(19-20-21)3-4-16-12(15-2)8-22(23)24/h5,7-8,15-16H,3-4,6H2,1-2H3,(H2,14,17,18)/b12-8-. The molecule has 0 saturated heterocycles. The Hall–Kier alpha value is -3.24. The van der Waals surface area contributed by atoms with Gasteiger partial charge in [-0.15, -0.1) is 5.10 Å². The van der Waals surface area contributed by atoms with Gasteiger partial charge in [0, 0.05) is 38.0 Å². The highest BCUT2D eigenvalue weighted by Gasteiger charge is 2.07. The molecule has 2 rings (SSSR count). The van der Waals surface area contributed by atoms with Gasteiger partial charge in [-0.25, -0.2) is 14.6 Å². The number of nitrogen functional groups attached to an aromatic ring is 1. The normalized spacial score (nSPS) is 11.3. The molecular formula is C13H19N9O2. The van der Waals surface area contributed by atoms with Crippen molar-refractivity contribution in [2.45, 2.75) is 19.9 Å². The average molecular weight is 333 g/mol. The second kappa shape index (κ2) is 7.85. The van der Waals surface area contributed by atoms with E-state index in [4.69, 9.17) is 5.73 Å². The molecule has 0 spiro atoms. The number of aromatic nitrogens is 5. The lowest BCUT2D eigenvalue weighted by Gasteiger charge is -2.06. The van der Waals surface area contributed by atoms with Crippen molar-refractivity contribution in [1.29, 1.82) is 0 Å². The summed E-state index contributed by atoms with van der Waals surface area (Å²) in [4.78, 5) is 18.1. The number of anilines is 1. The summed E-state index contributed by atoms with van der Waals surface area (Å²) in [6.07, 6.45) is 4.90. The molecule has 0 unspecified atom stereocenters. The van der Waals surface area contributed by atoms with Crippen molar-refractivity contribution >= 4 is 5.82 Å². The van der Waals surface area contributed by atoms with Crippen molar-refractivity contribution in [1.82, 2.24) is 35.6 Å². The van der Waals surface area contributed by atoms with Crippen LogP contribution in [-0.4, -0.2) is 43.5 Å². The molecule has 2 heterocycles. The molecule has 0 aliphatic heterocycles. The van der Waals surface area contributed by atoms with E-state index in [0.29, 0.717) is 37.0 Å². The summed E-state index contributed by atoms with van der Waals surface area (Å²) >= 11 is 0. The van der Waals surface area contributed by atoms with E-state index in [9.17, 15) is 10.1 Å². The molecule has 0 fully saturated rings. The first kappa shape index (κ1) is 17.1. The molecule has 128 valence electrons. The van der Waals surface area contributed by atoms with Gasteiger partial charge in [0.15, 0.2) is 5.82 Å². The third-order valence-corrected chi connectivity index (χ3v) is 3.14. The number of nitrogens with zero attached hydrogens (tertiary/aromatic N) is 6. The van der Waals surface area contributed by atoms with Gasteiger partial charge in [-0.1, -0.05) is 5.21 Å². The maximum absolute atomic E-state index is 10.4. The molecular weight excluding hydrogens is 314 g/mol. The van der Waals surface area contributed by atoms with Gasteiger partial charge in [-0.05, 0) is 6.92 Å². The highest BCUT2D eigenvalue weighted by Crippen LogP contribution is 2.09. The van der Waals surface area contributed by atoms with E-state index in [-0.39, 0.29) is 0 Å². The van der Waals surface area contributed by atoms with Crippen molar-refractivity contribution < 1.29 is 4.92 Å². The summed E-state index contributed by atoms with van der Waals surface area (Å²) in [6.45, 7) is 2.68. The zero-order valence-corrected chi connectivity index (χ0v) is 13.4. The highest BCUT2D eigenvalue weighted by molar-refractivity contribution is 5.37. The lowest BCUT2D eigenvalue weighted by atomic mass is 10.3. The number of nitrogens with one attached hydrogen (secondary N) is 2. The highest BCUT2D eigenvalue weighted by atomic mass is 16.6. The fourth-order valence-corrected chi connectivity index (χ4v) is 1.97. The summed E-state index contributed by atoms with van der Waals surface area (Å²) in [5.41, 5.74) is 7.37. The number of hydrogen-bond donors (Lipinski definition) is 3. The summed E-state index contributed by atoms with van der Waals surface area (Å²) in [5, 5.41) is 24.1. The molecule has 0 aromatic carbocycles. The van der Waals surface area contributed by atoms with Crippen LogP contribution in [0.15, 0.2) is 24.4 Å². The summed E-state index contributed by atoms with van der Waals surface area (Å²) in [6, 6.07) is 0. The number of hydrogen-bond acceptors (Lipinski definition) is 9. The predicted octanol–water partition coefficient (Wildman–Crippen LogP) is -0.566. The van der Waals surface area contributed by atoms with Gasteiger partial charge in [0.2, 0.25) is 0 Å². The molecule has 0 saturated carbocycles. The van der Waals surface area contributed by atoms with Gasteiger partial charge in [0.1, 0.15) is 11.6 Å². The van der Waals surface area contributed by atoms with Crippen LogP contribution in [0.1, 0.15) is 17.1 Å². The Balaban J connectivity index is 1.90. The Morgan fingerprint density at radius 2 is 2.33 bits per heavy atom. The van der Waals surface area contributed by atoms with Crippen molar-refractivity contribution in [2.24, 2.45) is 0 Å². The Morgan fingerprint density at radius 3 is 3.00 bits per heavy atom. The van der Waals surface area contributed by atoms with Gasteiger partial charge >= 0.3 is 0 Å². The van der Waals surface area contributed by atoms with Crippen LogP contribution < -0.4 is 16.4 Å². The van der Waals surface area contributed by atoms with Gasteiger partial charge < -0.3 is 16.4 Å². The van der Waals surface area contributed by atoms with E-state index >= 15 is 0 Å². The molecule has 0 radical (unpaired) electrons. The van der Waals surface area contributed by atoms with E-state index in [1.54, 1.807) is 31.0 Å². The van der Waals surface area contributed by atoms with Crippen LogP contribution in [0.25, 0.3) is 0 Å². The van der Waals surface area contributed by atoms with Gasteiger partial charge in [0.05, 0.1) is 17.2 Å². The molecule has 11 nitrogen and oxygen atoms in total. The molecule has 0 bridgehead atoms. The molecule has 2 aromatic heterocycles. The first-order chi connectivity index (χ1) is 11.5. The van der Waals surface area contributed by atoms with Crippen LogP contribution in [0.2, 0.25) is 0 Å². The molecule has 0 aliphatic carbocycles. The minimum absolute atomic E-state index is 0.331. The molecule has 0 aliphatic rings. The summed E-state index contributed by atoms with van der Waals surface area (Å²) in [7, 11) is 1.60. The maximum Gasteiger partial charge on any atom is 0.274 e. The van der Waals surface area contributed by atoms with Crippen LogP contribution in [-0.2, 0) is 13.0 Å². The molecule has 2 aromatic rings. The number of nitrogens with two attached hydrogens (primary N) is 1. The SMILES string of the molecule is CN/C(=C/[N+](=O)[O-])NCCc1cn(Cc2cnc(C)nc2N)nn1. The third kappa shape index (κ3) is 4.90. The van der Waals surface area contributed by atoms with Crippen LogP contribution in [0, 0.1) is 17.0 Å². The first-order valence-corrected chi connectivity index (χ1v) is 7.22. The van der Waals surface area contributed by atoms with Crippen LogP contribution in [0.3, 0.4) is 0 Å². The largest absolute Gasteiger partial charge is 0.383 e. The molecule has 0 amide bonds. The topological polar surface area (TPSA) is 150 Å². The van der Waals surface area contributed by atoms with Crippen LogP contribution >= 0.6 is 0 Å². The lowest BCUT2D eigenvalue weighted by molar-refractivity contribution is -0.404. The number of aryl methyl sites for hydroxylation is 1. The minimum Gasteiger partial charge on any atom is -0.383 e. The van der Waals surface area contributed by atoms with Gasteiger partial charge in [0.25, 0.3) is 6.20 Å². The second-order valence-corrected chi connectivity index (χ2v) is 4.99. The van der Waals surface area contributed by atoms with Crippen molar-refractivity contribution in [3.8, 4) is 0 Å². The van der Waals surface area contributed by atoms with Crippen molar-refractivity contribution in [3.63, 3.8) is 0 Å². The average Bonchev–Trinajstić information content (AvgIpc) is 2.96. The van der Waals surface area contributed by atoms with E-state index in [2.05, 4.69) is 30.9 Å². The van der Waals surface area contributed by atoms with Gasteiger partial charge in [-0.2, -0.15) is 0 Å². The quantitative estimate of drug-likeness (QED) is 0.426. The fourth-order valence-electron chi connectivity index (χ4n) is 1.97. The van der Waals surface area contributed by atoms with Gasteiger partial charge in [-0.3, -0.25) is 10.1 Å². The van der Waals surface area contributed by atoms with E-state index < -0.39 is 4.92 Å². The zero-order valence-electron chi connectivity index (χ0n) is 13.4. The monoisotopic (exact) mass is 333 g/mol. The smallest absolute Gasteiger partial charge is 0.274 e. The Kier molecular flexibility index (Phi) is 5.60. The molecule has 24 heavy (non-hydrogen) atoms. The maximum atomic E-state index is 10.4. The Morgan fingerprint density at radius 1 is 1.54 bits per heavy atom. The third-order valence-electron chi connectivity index (χ3n) is 3.14. The van der Waals surface area contributed by atoms with E-state index in [1.807, 2.05) is 0 Å². The fraction of sp³-hybridized carbons (Fsp3) is 0.385. The predicted molar refractivity (Wildman–Crippen MR) is 86.1 cm³/mol. The van der Waals surface area contributed by atoms with Crippen LogP contribution in [0.5, 0.6) is 0 Å². The Bertz CT molecular complexity index is 741. The summed E-state index contributed by atoms with van der Waals surface area (Å²) in [5.74, 6) is 1.37. The van der Waals surface area contributed by atoms with E-state index in [0.717, 1.165) is 17.5 Å². The van der Waals surface area contributed by atoms with Crippen LogP contribution in [0.4, 0.5) is 5.82 Å². The summed E-state index contributed by atoms with van der Waals surface area (Å²) < 4.78 is 1.64. The number of nitro groups is 1.